The van der Waals surface area contributed by atoms with E-state index in [9.17, 15) is 13.2 Å². The van der Waals surface area contributed by atoms with Gasteiger partial charge in [0.05, 0.1) is 30.4 Å². The number of alkyl halides is 3. The number of aromatic nitrogens is 6. The molecule has 5 rings (SSSR count). The van der Waals surface area contributed by atoms with Crippen LogP contribution in [0.4, 0.5) is 13.2 Å². The molecule has 0 spiro atoms. The van der Waals surface area contributed by atoms with Crippen molar-refractivity contribution in [3.05, 3.63) is 83.1 Å². The van der Waals surface area contributed by atoms with Crippen LogP contribution in [0.15, 0.2) is 48.9 Å². The Hall–Kier alpha value is -3.95. The van der Waals surface area contributed by atoms with E-state index < -0.39 is 17.7 Å². The van der Waals surface area contributed by atoms with Gasteiger partial charge in [0.25, 0.3) is 0 Å². The lowest BCUT2D eigenvalue weighted by Gasteiger charge is -2.25. The van der Waals surface area contributed by atoms with E-state index in [-0.39, 0.29) is 5.56 Å². The van der Waals surface area contributed by atoms with Gasteiger partial charge in [-0.15, -0.1) is 0 Å². The van der Waals surface area contributed by atoms with E-state index in [1.54, 1.807) is 36.3 Å². The summed E-state index contributed by atoms with van der Waals surface area (Å²) < 4.78 is 49.8. The van der Waals surface area contributed by atoms with Crippen molar-refractivity contribution >= 4 is 12.2 Å². The molecular formula is C25H23F3N6O. The number of nitrogens with zero attached hydrogens (tertiary/aromatic N) is 6. The molecule has 10 heteroatoms. The molecule has 4 heterocycles. The average molecular weight is 480 g/mol. The minimum Gasteiger partial charge on any atom is -0.479 e. The highest BCUT2D eigenvalue weighted by Gasteiger charge is 2.37. The molecule has 0 N–H and O–H groups in total. The lowest BCUT2D eigenvalue weighted by Crippen LogP contribution is -2.21. The fraction of sp³-hybridized carbons (Fsp3) is 0.280. The van der Waals surface area contributed by atoms with Gasteiger partial charge in [0.1, 0.15) is 11.5 Å². The van der Waals surface area contributed by atoms with Crippen LogP contribution in [0.1, 0.15) is 52.9 Å². The van der Waals surface area contributed by atoms with Crippen molar-refractivity contribution in [2.45, 2.75) is 38.4 Å². The molecule has 4 aromatic rings. The first-order chi connectivity index (χ1) is 16.8. The van der Waals surface area contributed by atoms with Crippen LogP contribution >= 0.6 is 0 Å². The van der Waals surface area contributed by atoms with E-state index in [2.05, 4.69) is 20.1 Å². The quantitative estimate of drug-likeness (QED) is 0.388. The van der Waals surface area contributed by atoms with Gasteiger partial charge in [0.15, 0.2) is 5.82 Å². The Bertz CT molecular complexity index is 1390. The minimum absolute atomic E-state index is 0.237. The second kappa shape index (κ2) is 9.01. The largest absolute Gasteiger partial charge is 0.479 e. The van der Waals surface area contributed by atoms with Gasteiger partial charge in [0, 0.05) is 18.7 Å². The van der Waals surface area contributed by atoms with Crippen molar-refractivity contribution in [1.82, 2.24) is 29.3 Å². The molecule has 0 fully saturated rings. The maximum absolute atomic E-state index is 13.6. The van der Waals surface area contributed by atoms with Gasteiger partial charge in [-0.25, -0.2) is 19.6 Å². The standard InChI is InChI=1S/C25H23F3N6O/c1-16-14-33(15-29-16)21-11-9-17(30-24(21)35-2)10-12-22-31-23-19(7-5-13-34(23)32-22)18-6-3-4-8-20(18)25(26,27)28/h3-4,6,8-12,14-15,19H,5,7,13H2,1-2H3/b12-10+. The van der Waals surface area contributed by atoms with E-state index in [1.165, 1.54) is 12.1 Å². The van der Waals surface area contributed by atoms with E-state index in [0.29, 0.717) is 36.2 Å². The predicted octanol–water partition coefficient (Wildman–Crippen LogP) is 5.29. The fourth-order valence-corrected chi connectivity index (χ4v) is 4.39. The number of hydrogen-bond acceptors (Lipinski definition) is 5. The van der Waals surface area contributed by atoms with Crippen LogP contribution in [0.25, 0.3) is 17.8 Å². The fourth-order valence-electron chi connectivity index (χ4n) is 4.39. The molecule has 180 valence electrons. The lowest BCUT2D eigenvalue weighted by molar-refractivity contribution is -0.138. The van der Waals surface area contributed by atoms with Crippen LogP contribution < -0.4 is 4.74 Å². The molecule has 0 aliphatic carbocycles. The Kier molecular flexibility index (Phi) is 5.88. The molecule has 35 heavy (non-hydrogen) atoms. The van der Waals surface area contributed by atoms with Crippen LogP contribution in [0.5, 0.6) is 5.88 Å². The van der Waals surface area contributed by atoms with Crippen molar-refractivity contribution < 1.29 is 17.9 Å². The van der Waals surface area contributed by atoms with Crippen LogP contribution in [-0.2, 0) is 12.7 Å². The number of ether oxygens (including phenoxy) is 1. The Morgan fingerprint density at radius 1 is 1.09 bits per heavy atom. The smallest absolute Gasteiger partial charge is 0.416 e. The number of imidazole rings is 1. The highest BCUT2D eigenvalue weighted by atomic mass is 19.4. The number of fused-ring (bicyclic) bond motifs is 1. The zero-order valence-electron chi connectivity index (χ0n) is 19.2. The second-order valence-electron chi connectivity index (χ2n) is 8.35. The van der Waals surface area contributed by atoms with E-state index in [1.807, 2.05) is 29.8 Å². The predicted molar refractivity (Wildman–Crippen MR) is 124 cm³/mol. The topological polar surface area (TPSA) is 70.7 Å². The zero-order valence-corrected chi connectivity index (χ0v) is 19.2. The maximum Gasteiger partial charge on any atom is 0.416 e. The molecule has 0 saturated carbocycles. The molecule has 3 aromatic heterocycles. The molecule has 0 saturated heterocycles. The molecular weight excluding hydrogens is 457 g/mol. The summed E-state index contributed by atoms with van der Waals surface area (Å²) in [7, 11) is 1.55. The molecule has 0 amide bonds. The normalized spacial score (nSPS) is 16.0. The maximum atomic E-state index is 13.6. The first kappa shape index (κ1) is 22.8. The first-order valence-corrected chi connectivity index (χ1v) is 11.2. The molecule has 0 radical (unpaired) electrons. The van der Waals surface area contributed by atoms with Crippen LogP contribution in [-0.4, -0.2) is 36.4 Å². The summed E-state index contributed by atoms with van der Waals surface area (Å²) in [5, 5.41) is 4.51. The zero-order chi connectivity index (χ0) is 24.6. The summed E-state index contributed by atoms with van der Waals surface area (Å²) in [4.78, 5) is 13.3. The Morgan fingerprint density at radius 2 is 1.91 bits per heavy atom. The second-order valence-corrected chi connectivity index (χ2v) is 8.35. The van der Waals surface area contributed by atoms with Crippen LogP contribution in [0.2, 0.25) is 0 Å². The van der Waals surface area contributed by atoms with Gasteiger partial charge >= 0.3 is 6.18 Å². The van der Waals surface area contributed by atoms with Gasteiger partial charge in [-0.2, -0.15) is 18.3 Å². The number of methoxy groups -OCH3 is 1. The molecule has 1 atom stereocenters. The van der Waals surface area contributed by atoms with Gasteiger partial charge in [-0.1, -0.05) is 18.2 Å². The number of rotatable bonds is 5. The average Bonchev–Trinajstić information content (AvgIpc) is 3.47. The minimum atomic E-state index is -4.42. The molecule has 1 aliphatic rings. The third kappa shape index (κ3) is 4.55. The van der Waals surface area contributed by atoms with Crippen molar-refractivity contribution in [3.8, 4) is 11.6 Å². The number of pyridine rings is 1. The SMILES string of the molecule is COc1nc(/C=C/c2nc3n(n2)CCCC3c2ccccc2C(F)(F)F)ccc1-n1cnc(C)c1. The summed E-state index contributed by atoms with van der Waals surface area (Å²) in [6, 6.07) is 9.42. The van der Waals surface area contributed by atoms with E-state index in [4.69, 9.17) is 4.74 Å². The third-order valence-corrected chi connectivity index (χ3v) is 5.98. The number of aryl methyl sites for hydroxylation is 2. The Balaban J connectivity index is 1.43. The molecule has 0 bridgehead atoms. The summed E-state index contributed by atoms with van der Waals surface area (Å²) >= 11 is 0. The Morgan fingerprint density at radius 3 is 2.66 bits per heavy atom. The van der Waals surface area contributed by atoms with Gasteiger partial charge < -0.3 is 9.30 Å². The van der Waals surface area contributed by atoms with Crippen LogP contribution in [0.3, 0.4) is 0 Å². The number of hydrogen-bond donors (Lipinski definition) is 0. The molecule has 1 aromatic carbocycles. The van der Waals surface area contributed by atoms with Gasteiger partial charge in [-0.05, 0) is 55.7 Å². The molecule has 7 nitrogen and oxygen atoms in total. The van der Waals surface area contributed by atoms with Crippen molar-refractivity contribution in [3.63, 3.8) is 0 Å². The summed E-state index contributed by atoms with van der Waals surface area (Å²) in [6.45, 7) is 2.52. The number of halogens is 3. The van der Waals surface area contributed by atoms with E-state index >= 15 is 0 Å². The summed E-state index contributed by atoms with van der Waals surface area (Å²) in [5.74, 6) is 0.938. The number of benzene rings is 1. The monoisotopic (exact) mass is 480 g/mol. The van der Waals surface area contributed by atoms with Crippen LogP contribution in [0, 0.1) is 6.92 Å². The van der Waals surface area contributed by atoms with Crippen molar-refractivity contribution in [2.24, 2.45) is 0 Å². The third-order valence-electron chi connectivity index (χ3n) is 5.98. The summed E-state index contributed by atoms with van der Waals surface area (Å²) in [5.41, 5.74) is 1.88. The molecule has 1 unspecified atom stereocenters. The highest BCUT2D eigenvalue weighted by Crippen LogP contribution is 2.40. The first-order valence-electron chi connectivity index (χ1n) is 11.2. The van der Waals surface area contributed by atoms with Crippen molar-refractivity contribution in [2.75, 3.05) is 7.11 Å². The Labute approximate surface area is 199 Å². The van der Waals surface area contributed by atoms with Gasteiger partial charge in [0.2, 0.25) is 5.88 Å². The van der Waals surface area contributed by atoms with Gasteiger partial charge in [-0.3, -0.25) is 0 Å². The lowest BCUT2D eigenvalue weighted by atomic mass is 9.88. The molecule has 1 aliphatic heterocycles. The highest BCUT2D eigenvalue weighted by molar-refractivity contribution is 5.65. The van der Waals surface area contributed by atoms with E-state index in [0.717, 1.165) is 23.9 Å². The van der Waals surface area contributed by atoms with Crippen molar-refractivity contribution in [1.29, 1.82) is 0 Å². The summed E-state index contributed by atoms with van der Waals surface area (Å²) in [6.07, 6.45) is 3.92.